The molecule has 1 heterocycles. The van der Waals surface area contributed by atoms with Crippen LogP contribution in [0.3, 0.4) is 0 Å². The lowest BCUT2D eigenvalue weighted by atomic mass is 10.1. The summed E-state index contributed by atoms with van der Waals surface area (Å²) < 4.78 is 0. The number of hydrogen-bond donors (Lipinski definition) is 0. The van der Waals surface area contributed by atoms with Crippen LogP contribution in [0.5, 0.6) is 0 Å². The van der Waals surface area contributed by atoms with Gasteiger partial charge in [0.05, 0.1) is 10.6 Å². The molecule has 2 aromatic rings. The van der Waals surface area contributed by atoms with E-state index in [0.717, 1.165) is 5.56 Å². The Kier molecular flexibility index (Phi) is 3.54. The van der Waals surface area contributed by atoms with Crippen LogP contribution in [-0.2, 0) is 0 Å². The van der Waals surface area contributed by atoms with E-state index in [9.17, 15) is 0 Å². The number of nitriles is 1. The SMILES string of the molecule is N#Cc1cncc(-c2cc(Cl)cc(Cl)c2)c1Cl. The van der Waals surface area contributed by atoms with Crippen LogP contribution < -0.4 is 0 Å². The van der Waals surface area contributed by atoms with Crippen molar-refractivity contribution in [3.05, 3.63) is 51.2 Å². The highest BCUT2D eigenvalue weighted by molar-refractivity contribution is 6.36. The zero-order valence-electron chi connectivity index (χ0n) is 8.42. The summed E-state index contributed by atoms with van der Waals surface area (Å²) in [6, 6.07) is 7.04. The van der Waals surface area contributed by atoms with Gasteiger partial charge in [-0.3, -0.25) is 4.98 Å². The molecule has 0 aliphatic carbocycles. The molecule has 1 aromatic heterocycles. The average molecular weight is 284 g/mol. The first-order chi connectivity index (χ1) is 8.11. The molecule has 2 rings (SSSR count). The number of rotatable bonds is 1. The number of aromatic nitrogens is 1. The molecule has 5 heteroatoms. The Morgan fingerprint density at radius 2 is 1.65 bits per heavy atom. The van der Waals surface area contributed by atoms with Gasteiger partial charge in [0.1, 0.15) is 6.07 Å². The highest BCUT2D eigenvalue weighted by Crippen LogP contribution is 2.32. The van der Waals surface area contributed by atoms with Crippen molar-refractivity contribution in [2.45, 2.75) is 0 Å². The first-order valence-electron chi connectivity index (χ1n) is 4.62. The Morgan fingerprint density at radius 1 is 1.00 bits per heavy atom. The molecule has 0 unspecified atom stereocenters. The zero-order chi connectivity index (χ0) is 12.4. The van der Waals surface area contributed by atoms with Crippen LogP contribution >= 0.6 is 34.8 Å². The largest absolute Gasteiger partial charge is 0.263 e. The molecule has 17 heavy (non-hydrogen) atoms. The van der Waals surface area contributed by atoms with E-state index in [-0.39, 0.29) is 0 Å². The van der Waals surface area contributed by atoms with E-state index >= 15 is 0 Å². The number of halogens is 3. The van der Waals surface area contributed by atoms with Crippen LogP contribution in [0.2, 0.25) is 15.1 Å². The van der Waals surface area contributed by atoms with Gasteiger partial charge in [-0.25, -0.2) is 0 Å². The number of nitrogens with zero attached hydrogens (tertiary/aromatic N) is 2. The van der Waals surface area contributed by atoms with Crippen molar-refractivity contribution in [3.63, 3.8) is 0 Å². The molecule has 2 nitrogen and oxygen atoms in total. The fourth-order valence-electron chi connectivity index (χ4n) is 1.43. The van der Waals surface area contributed by atoms with Crippen molar-refractivity contribution in [1.29, 1.82) is 5.26 Å². The van der Waals surface area contributed by atoms with Crippen LogP contribution in [-0.4, -0.2) is 4.98 Å². The minimum atomic E-state index is 0.320. The van der Waals surface area contributed by atoms with Gasteiger partial charge < -0.3 is 0 Å². The van der Waals surface area contributed by atoms with E-state index in [2.05, 4.69) is 4.98 Å². The average Bonchev–Trinajstić information content (AvgIpc) is 2.28. The summed E-state index contributed by atoms with van der Waals surface area (Å²) >= 11 is 17.9. The first-order valence-corrected chi connectivity index (χ1v) is 5.75. The van der Waals surface area contributed by atoms with Crippen LogP contribution in [0.4, 0.5) is 0 Å². The maximum absolute atomic E-state index is 8.87. The summed E-state index contributed by atoms with van der Waals surface area (Å²) in [5, 5.41) is 10.2. The highest BCUT2D eigenvalue weighted by atomic mass is 35.5. The van der Waals surface area contributed by atoms with Gasteiger partial charge in [0.2, 0.25) is 0 Å². The molecule has 0 N–H and O–H groups in total. The lowest BCUT2D eigenvalue weighted by Gasteiger charge is -2.06. The molecule has 0 spiro atoms. The monoisotopic (exact) mass is 282 g/mol. The molecule has 0 aliphatic heterocycles. The second kappa shape index (κ2) is 4.93. The van der Waals surface area contributed by atoms with E-state index in [0.29, 0.717) is 26.2 Å². The molecule has 0 saturated carbocycles. The van der Waals surface area contributed by atoms with E-state index in [4.69, 9.17) is 40.1 Å². The Labute approximate surface area is 113 Å². The Hall–Kier alpha value is -1.27. The third kappa shape index (κ3) is 2.53. The van der Waals surface area contributed by atoms with Crippen molar-refractivity contribution in [3.8, 4) is 17.2 Å². The summed E-state index contributed by atoms with van der Waals surface area (Å²) in [5.41, 5.74) is 1.69. The van der Waals surface area contributed by atoms with Gasteiger partial charge in [-0.1, -0.05) is 34.8 Å². The van der Waals surface area contributed by atoms with Gasteiger partial charge in [0.25, 0.3) is 0 Å². The summed E-state index contributed by atoms with van der Waals surface area (Å²) in [7, 11) is 0. The fraction of sp³-hybridized carbons (Fsp3) is 0. The maximum atomic E-state index is 8.87. The van der Waals surface area contributed by atoms with E-state index in [1.807, 2.05) is 6.07 Å². The Morgan fingerprint density at radius 3 is 2.24 bits per heavy atom. The summed E-state index contributed by atoms with van der Waals surface area (Å²) in [6.45, 7) is 0. The van der Waals surface area contributed by atoms with Crippen LogP contribution in [0, 0.1) is 11.3 Å². The quantitative estimate of drug-likeness (QED) is 0.768. The summed E-state index contributed by atoms with van der Waals surface area (Å²) in [5.74, 6) is 0. The van der Waals surface area contributed by atoms with Crippen molar-refractivity contribution in [1.82, 2.24) is 4.98 Å². The fourth-order valence-corrected chi connectivity index (χ4v) is 2.21. The minimum Gasteiger partial charge on any atom is -0.263 e. The van der Waals surface area contributed by atoms with Gasteiger partial charge in [-0.15, -0.1) is 0 Å². The standard InChI is InChI=1S/C12H5Cl3N2/c13-9-1-7(2-10(14)3-9)11-6-17-5-8(4-16)12(11)15/h1-3,5-6H. The lowest BCUT2D eigenvalue weighted by molar-refractivity contribution is 1.30. The molecule has 0 radical (unpaired) electrons. The van der Waals surface area contributed by atoms with E-state index in [1.54, 1.807) is 24.4 Å². The molecule has 0 saturated heterocycles. The van der Waals surface area contributed by atoms with Crippen LogP contribution in [0.1, 0.15) is 5.56 Å². The predicted octanol–water partition coefficient (Wildman–Crippen LogP) is 4.58. The molecule has 0 atom stereocenters. The molecule has 0 amide bonds. The molecule has 0 aliphatic rings. The molecule has 84 valence electrons. The van der Waals surface area contributed by atoms with E-state index in [1.165, 1.54) is 6.20 Å². The van der Waals surface area contributed by atoms with Crippen molar-refractivity contribution >= 4 is 34.8 Å². The van der Waals surface area contributed by atoms with Gasteiger partial charge >= 0.3 is 0 Å². The topological polar surface area (TPSA) is 36.7 Å². The van der Waals surface area contributed by atoms with E-state index < -0.39 is 0 Å². The van der Waals surface area contributed by atoms with Crippen molar-refractivity contribution in [2.75, 3.05) is 0 Å². The Bertz CT molecular complexity index is 597. The summed E-state index contributed by atoms with van der Waals surface area (Å²) in [4.78, 5) is 3.96. The third-order valence-corrected chi connectivity index (χ3v) is 3.02. The number of pyridine rings is 1. The molecule has 0 bridgehead atoms. The van der Waals surface area contributed by atoms with Gasteiger partial charge in [0, 0.05) is 28.0 Å². The molecular formula is C12H5Cl3N2. The number of benzene rings is 1. The highest BCUT2D eigenvalue weighted by Gasteiger charge is 2.09. The van der Waals surface area contributed by atoms with Gasteiger partial charge in [0.15, 0.2) is 0 Å². The second-order valence-electron chi connectivity index (χ2n) is 3.32. The van der Waals surface area contributed by atoms with Crippen LogP contribution in [0.15, 0.2) is 30.6 Å². The molecular weight excluding hydrogens is 279 g/mol. The second-order valence-corrected chi connectivity index (χ2v) is 4.57. The van der Waals surface area contributed by atoms with Gasteiger partial charge in [-0.05, 0) is 23.8 Å². The van der Waals surface area contributed by atoms with Crippen molar-refractivity contribution in [2.24, 2.45) is 0 Å². The third-order valence-electron chi connectivity index (χ3n) is 2.17. The maximum Gasteiger partial charge on any atom is 0.102 e. The predicted molar refractivity (Wildman–Crippen MR) is 69.4 cm³/mol. The Balaban J connectivity index is 2.65. The van der Waals surface area contributed by atoms with Crippen molar-refractivity contribution < 1.29 is 0 Å². The lowest BCUT2D eigenvalue weighted by Crippen LogP contribution is -1.87. The van der Waals surface area contributed by atoms with Gasteiger partial charge in [-0.2, -0.15) is 5.26 Å². The smallest absolute Gasteiger partial charge is 0.102 e. The van der Waals surface area contributed by atoms with Crippen LogP contribution in [0.25, 0.3) is 11.1 Å². The zero-order valence-corrected chi connectivity index (χ0v) is 10.7. The first kappa shape index (κ1) is 12.2. The summed E-state index contributed by atoms with van der Waals surface area (Å²) in [6.07, 6.45) is 2.99. The minimum absolute atomic E-state index is 0.320. The molecule has 1 aromatic carbocycles. The molecule has 0 fully saturated rings. The number of hydrogen-bond acceptors (Lipinski definition) is 2. The normalized spacial score (nSPS) is 10.0.